The Bertz CT molecular complexity index is 96.7. The smallest absolute Gasteiger partial charge is 0.180 e. The van der Waals surface area contributed by atoms with Crippen molar-refractivity contribution >= 4 is 17.4 Å². The van der Waals surface area contributed by atoms with Crippen LogP contribution in [0.5, 0.6) is 0 Å². The number of carbonyl (C=O) groups is 1. The molecule has 0 fully saturated rings. The molecule has 0 saturated heterocycles. The van der Waals surface area contributed by atoms with Gasteiger partial charge in [-0.1, -0.05) is 24.8 Å². The third-order valence-corrected chi connectivity index (χ3v) is 1.79. The van der Waals surface area contributed by atoms with Crippen molar-refractivity contribution in [2.75, 3.05) is 0 Å². The van der Waals surface area contributed by atoms with Crippen LogP contribution in [0.4, 0.5) is 0 Å². The van der Waals surface area contributed by atoms with Crippen molar-refractivity contribution in [3.05, 3.63) is 11.0 Å². The van der Waals surface area contributed by atoms with E-state index in [1.54, 1.807) is 0 Å². The summed E-state index contributed by atoms with van der Waals surface area (Å²) >= 11 is 1.26. The Morgan fingerprint density at radius 3 is 2.50 bits per heavy atom. The lowest BCUT2D eigenvalue weighted by Crippen LogP contribution is -1.69. The van der Waals surface area contributed by atoms with Crippen LogP contribution < -0.4 is 0 Å². The summed E-state index contributed by atoms with van der Waals surface area (Å²) in [5, 5.41) is 0. The van der Waals surface area contributed by atoms with E-state index < -0.39 is 0 Å². The molecule has 0 radical (unpaired) electrons. The summed E-state index contributed by atoms with van der Waals surface area (Å²) in [4.78, 5) is 11.0. The standard InChI is InChI=1S/C6H10OS/c1-3-6(4-2)8-5-7/h3,5H,4H2,1-2H3. The van der Waals surface area contributed by atoms with Gasteiger partial charge in [-0.3, -0.25) is 4.79 Å². The van der Waals surface area contributed by atoms with E-state index >= 15 is 0 Å². The molecule has 0 aliphatic heterocycles. The van der Waals surface area contributed by atoms with Crippen LogP contribution in [-0.4, -0.2) is 5.62 Å². The molecule has 0 heterocycles. The highest BCUT2D eigenvalue weighted by Gasteiger charge is 1.87. The largest absolute Gasteiger partial charge is 0.291 e. The van der Waals surface area contributed by atoms with Crippen LogP contribution in [0, 0.1) is 0 Å². The van der Waals surface area contributed by atoms with Crippen LogP contribution in [0.2, 0.25) is 0 Å². The van der Waals surface area contributed by atoms with E-state index in [0.717, 1.165) is 16.9 Å². The maximum absolute atomic E-state index is 9.86. The van der Waals surface area contributed by atoms with Gasteiger partial charge in [0.2, 0.25) is 0 Å². The molecule has 2 heteroatoms. The zero-order valence-corrected chi connectivity index (χ0v) is 5.99. The van der Waals surface area contributed by atoms with Crippen molar-refractivity contribution in [1.29, 1.82) is 0 Å². The Kier molecular flexibility index (Phi) is 4.76. The average molecular weight is 130 g/mol. The molecule has 0 aliphatic rings. The fourth-order valence-electron chi connectivity index (χ4n) is 0.417. The van der Waals surface area contributed by atoms with Crippen molar-refractivity contribution in [3.8, 4) is 0 Å². The van der Waals surface area contributed by atoms with Crippen molar-refractivity contribution in [2.45, 2.75) is 20.3 Å². The molecular weight excluding hydrogens is 120 g/mol. The summed E-state index contributed by atoms with van der Waals surface area (Å²) in [5.41, 5.74) is 0.860. The van der Waals surface area contributed by atoms with Crippen LogP contribution >= 0.6 is 11.8 Å². The summed E-state index contributed by atoms with van der Waals surface area (Å²) in [6.45, 7) is 3.97. The average Bonchev–Trinajstić information content (AvgIpc) is 1.83. The molecule has 0 atom stereocenters. The zero-order chi connectivity index (χ0) is 6.41. The summed E-state index contributed by atoms with van der Waals surface area (Å²) in [6, 6.07) is 0. The Labute approximate surface area is 54.2 Å². The third kappa shape index (κ3) is 2.86. The Morgan fingerprint density at radius 1 is 1.75 bits per heavy atom. The minimum absolute atomic E-state index is 0.860. The first-order valence-electron chi connectivity index (χ1n) is 2.60. The topological polar surface area (TPSA) is 17.1 Å². The van der Waals surface area contributed by atoms with Gasteiger partial charge in [0, 0.05) is 0 Å². The van der Waals surface area contributed by atoms with Gasteiger partial charge in [0.1, 0.15) is 0 Å². The summed E-state index contributed by atoms with van der Waals surface area (Å²) in [6.07, 6.45) is 2.92. The number of rotatable bonds is 3. The van der Waals surface area contributed by atoms with Gasteiger partial charge in [-0.2, -0.15) is 0 Å². The molecular formula is C6H10OS. The van der Waals surface area contributed by atoms with E-state index in [1.807, 2.05) is 19.9 Å². The maximum atomic E-state index is 9.86. The molecule has 0 aliphatic carbocycles. The number of allylic oxidation sites excluding steroid dienone is 2. The minimum atomic E-state index is 0.860. The van der Waals surface area contributed by atoms with Gasteiger partial charge in [-0.25, -0.2) is 0 Å². The van der Waals surface area contributed by atoms with Crippen molar-refractivity contribution in [3.63, 3.8) is 0 Å². The molecule has 0 aromatic carbocycles. The summed E-state index contributed by atoms with van der Waals surface area (Å²) < 4.78 is 0. The first-order chi connectivity index (χ1) is 3.85. The number of carbonyl (C=O) groups excluding carboxylic acids is 1. The lowest BCUT2D eigenvalue weighted by molar-refractivity contribution is 0.570. The monoisotopic (exact) mass is 130 g/mol. The van der Waals surface area contributed by atoms with Gasteiger partial charge in [0.15, 0.2) is 5.62 Å². The number of hydrogen-bond donors (Lipinski definition) is 0. The normalized spacial score (nSPS) is 11.5. The van der Waals surface area contributed by atoms with Crippen molar-refractivity contribution < 1.29 is 4.79 Å². The highest BCUT2D eigenvalue weighted by atomic mass is 32.2. The molecule has 0 bridgehead atoms. The Morgan fingerprint density at radius 2 is 2.38 bits per heavy atom. The maximum Gasteiger partial charge on any atom is 0.180 e. The molecule has 8 heavy (non-hydrogen) atoms. The molecule has 0 amide bonds. The van der Waals surface area contributed by atoms with Crippen LogP contribution in [-0.2, 0) is 4.79 Å². The van der Waals surface area contributed by atoms with Crippen LogP contribution in [0.1, 0.15) is 20.3 Å². The van der Waals surface area contributed by atoms with Gasteiger partial charge < -0.3 is 0 Å². The molecule has 46 valence electrons. The van der Waals surface area contributed by atoms with Crippen molar-refractivity contribution in [2.24, 2.45) is 0 Å². The van der Waals surface area contributed by atoms with E-state index in [1.165, 1.54) is 11.8 Å². The second-order valence-electron chi connectivity index (χ2n) is 1.32. The number of hydrogen-bond acceptors (Lipinski definition) is 2. The molecule has 0 rings (SSSR count). The van der Waals surface area contributed by atoms with Gasteiger partial charge in [0.05, 0.1) is 0 Å². The fourth-order valence-corrected chi connectivity index (χ4v) is 0.844. The lowest BCUT2D eigenvalue weighted by atomic mass is 10.4. The lowest BCUT2D eigenvalue weighted by Gasteiger charge is -1.91. The van der Waals surface area contributed by atoms with Gasteiger partial charge in [-0.15, -0.1) is 0 Å². The molecule has 0 aromatic heterocycles. The second kappa shape index (κ2) is 4.91. The predicted molar refractivity (Wildman–Crippen MR) is 38.4 cm³/mol. The summed E-state index contributed by atoms with van der Waals surface area (Å²) in [7, 11) is 0. The zero-order valence-electron chi connectivity index (χ0n) is 5.18. The SMILES string of the molecule is CC=C(CC)SC=O. The summed E-state index contributed by atoms with van der Waals surface area (Å²) in [5.74, 6) is 0. The molecule has 0 aromatic rings. The van der Waals surface area contributed by atoms with Crippen LogP contribution in [0.25, 0.3) is 0 Å². The first kappa shape index (κ1) is 7.76. The van der Waals surface area contributed by atoms with E-state index in [-0.39, 0.29) is 0 Å². The van der Waals surface area contributed by atoms with Crippen LogP contribution in [0.15, 0.2) is 11.0 Å². The van der Waals surface area contributed by atoms with E-state index in [4.69, 9.17) is 0 Å². The van der Waals surface area contributed by atoms with Gasteiger partial charge in [0.25, 0.3) is 0 Å². The highest BCUT2D eigenvalue weighted by molar-refractivity contribution is 8.15. The fraction of sp³-hybridized carbons (Fsp3) is 0.500. The minimum Gasteiger partial charge on any atom is -0.291 e. The van der Waals surface area contributed by atoms with E-state index in [0.29, 0.717) is 0 Å². The Balaban J connectivity index is 3.53. The highest BCUT2D eigenvalue weighted by Crippen LogP contribution is 2.14. The van der Waals surface area contributed by atoms with Crippen molar-refractivity contribution in [1.82, 2.24) is 0 Å². The molecule has 1 nitrogen and oxygen atoms in total. The van der Waals surface area contributed by atoms with Gasteiger partial charge >= 0.3 is 0 Å². The van der Waals surface area contributed by atoms with Crippen LogP contribution in [0.3, 0.4) is 0 Å². The first-order valence-corrected chi connectivity index (χ1v) is 3.48. The van der Waals surface area contributed by atoms with E-state index in [2.05, 4.69) is 0 Å². The van der Waals surface area contributed by atoms with E-state index in [9.17, 15) is 4.79 Å². The second-order valence-corrected chi connectivity index (χ2v) is 2.28. The number of thioether (sulfide) groups is 1. The molecule has 0 unspecified atom stereocenters. The van der Waals surface area contributed by atoms with Gasteiger partial charge in [-0.05, 0) is 18.2 Å². The molecule has 0 saturated carbocycles. The quantitative estimate of drug-likeness (QED) is 0.545. The Hall–Kier alpha value is -0.240. The third-order valence-electron chi connectivity index (χ3n) is 0.870. The molecule has 0 N–H and O–H groups in total. The predicted octanol–water partition coefficient (Wildman–Crippen LogP) is 2.22. The molecule has 0 spiro atoms.